The molecule has 8 heteroatoms. The van der Waals surface area contributed by atoms with Crippen LogP contribution in [0, 0.1) is 12.3 Å². The maximum atomic E-state index is 12.1. The SMILES string of the molecule is C#CCn1ncc(Cl)c(NC2CCS(=O)(=O)CC2)c1=O. The number of aromatic nitrogens is 2. The highest BCUT2D eigenvalue weighted by Crippen LogP contribution is 2.20. The van der Waals surface area contributed by atoms with E-state index >= 15 is 0 Å². The molecule has 1 aliphatic heterocycles. The van der Waals surface area contributed by atoms with Crippen molar-refractivity contribution in [3.8, 4) is 12.3 Å². The van der Waals surface area contributed by atoms with Crippen molar-refractivity contribution in [3.05, 3.63) is 21.6 Å². The molecule has 1 fully saturated rings. The van der Waals surface area contributed by atoms with Crippen molar-refractivity contribution in [1.82, 2.24) is 9.78 Å². The summed E-state index contributed by atoms with van der Waals surface area (Å²) >= 11 is 5.97. The summed E-state index contributed by atoms with van der Waals surface area (Å²) in [6, 6.07) is -0.0922. The maximum absolute atomic E-state index is 12.1. The molecule has 0 saturated carbocycles. The fourth-order valence-electron chi connectivity index (χ4n) is 2.04. The molecule has 0 radical (unpaired) electrons. The van der Waals surface area contributed by atoms with Crippen LogP contribution in [0.15, 0.2) is 11.0 Å². The van der Waals surface area contributed by atoms with Crippen molar-refractivity contribution in [2.75, 3.05) is 16.8 Å². The monoisotopic (exact) mass is 315 g/mol. The molecule has 0 amide bonds. The van der Waals surface area contributed by atoms with E-state index in [1.165, 1.54) is 6.20 Å². The van der Waals surface area contributed by atoms with Crippen LogP contribution < -0.4 is 10.9 Å². The number of nitrogens with one attached hydrogen (secondary N) is 1. The molecule has 0 aromatic carbocycles. The molecule has 1 N–H and O–H groups in total. The number of anilines is 1. The molecule has 2 heterocycles. The summed E-state index contributed by atoms with van der Waals surface area (Å²) in [6.07, 6.45) is 7.42. The zero-order valence-corrected chi connectivity index (χ0v) is 12.2. The molecule has 0 spiro atoms. The summed E-state index contributed by atoms with van der Waals surface area (Å²) in [5, 5.41) is 7.06. The Morgan fingerprint density at radius 1 is 1.50 bits per heavy atom. The normalized spacial score (nSPS) is 18.4. The van der Waals surface area contributed by atoms with Crippen molar-refractivity contribution < 1.29 is 8.42 Å². The van der Waals surface area contributed by atoms with Gasteiger partial charge < -0.3 is 5.32 Å². The summed E-state index contributed by atoms with van der Waals surface area (Å²) in [6.45, 7) is 0.0593. The van der Waals surface area contributed by atoms with Gasteiger partial charge in [0.05, 0.1) is 22.7 Å². The first-order chi connectivity index (χ1) is 9.43. The molecule has 1 aliphatic rings. The standard InChI is InChI=1S/C12H14ClN3O3S/c1-2-5-16-12(17)11(10(13)8-14-16)15-9-3-6-20(18,19)7-4-9/h1,8-9,15H,3-7H2. The Morgan fingerprint density at radius 2 is 2.15 bits per heavy atom. The third kappa shape index (κ3) is 3.32. The van der Waals surface area contributed by atoms with Gasteiger partial charge in [-0.25, -0.2) is 13.1 Å². The fourth-order valence-corrected chi connectivity index (χ4v) is 3.71. The summed E-state index contributed by atoms with van der Waals surface area (Å²) < 4.78 is 23.9. The lowest BCUT2D eigenvalue weighted by atomic mass is 10.1. The molecule has 0 unspecified atom stereocenters. The summed E-state index contributed by atoms with van der Waals surface area (Å²) in [5.74, 6) is 2.57. The van der Waals surface area contributed by atoms with Crippen LogP contribution in [0.5, 0.6) is 0 Å². The van der Waals surface area contributed by atoms with Crippen molar-refractivity contribution in [1.29, 1.82) is 0 Å². The highest BCUT2D eigenvalue weighted by Gasteiger charge is 2.24. The molecule has 2 rings (SSSR count). The quantitative estimate of drug-likeness (QED) is 0.822. The first-order valence-electron chi connectivity index (χ1n) is 6.09. The lowest BCUT2D eigenvalue weighted by Gasteiger charge is -2.24. The van der Waals surface area contributed by atoms with E-state index in [1.54, 1.807) is 0 Å². The minimum absolute atomic E-state index is 0.0593. The van der Waals surface area contributed by atoms with Crippen LogP contribution in [0.4, 0.5) is 5.69 Å². The first kappa shape index (κ1) is 14.9. The number of rotatable bonds is 3. The smallest absolute Gasteiger partial charge is 0.292 e. The first-order valence-corrected chi connectivity index (χ1v) is 8.29. The van der Waals surface area contributed by atoms with E-state index in [1.807, 2.05) is 0 Å². The van der Waals surface area contributed by atoms with Crippen molar-refractivity contribution in [3.63, 3.8) is 0 Å². The zero-order chi connectivity index (χ0) is 14.8. The number of halogens is 1. The van der Waals surface area contributed by atoms with Gasteiger partial charge in [-0.15, -0.1) is 6.42 Å². The van der Waals surface area contributed by atoms with E-state index in [2.05, 4.69) is 16.3 Å². The minimum Gasteiger partial charge on any atom is -0.376 e. The molecule has 108 valence electrons. The summed E-state index contributed by atoms with van der Waals surface area (Å²) in [4.78, 5) is 12.1. The van der Waals surface area contributed by atoms with Crippen LogP contribution >= 0.6 is 11.6 Å². The van der Waals surface area contributed by atoms with Crippen molar-refractivity contribution in [2.24, 2.45) is 0 Å². The summed E-state index contributed by atoms with van der Waals surface area (Å²) in [5.41, 5.74) is -0.176. The van der Waals surface area contributed by atoms with Gasteiger partial charge in [0.25, 0.3) is 5.56 Å². The number of terminal acetylenes is 1. The van der Waals surface area contributed by atoms with Crippen molar-refractivity contribution >= 4 is 27.1 Å². The zero-order valence-electron chi connectivity index (χ0n) is 10.7. The van der Waals surface area contributed by atoms with Gasteiger partial charge in [0, 0.05) is 6.04 Å². The van der Waals surface area contributed by atoms with Crippen LogP contribution in [0.25, 0.3) is 0 Å². The Balaban J connectivity index is 2.20. The third-order valence-corrected chi connectivity index (χ3v) is 5.14. The number of nitrogens with zero attached hydrogens (tertiary/aromatic N) is 2. The highest BCUT2D eigenvalue weighted by molar-refractivity contribution is 7.91. The molecule has 0 aliphatic carbocycles. The average Bonchev–Trinajstić information content (AvgIpc) is 2.40. The number of hydrogen-bond donors (Lipinski definition) is 1. The highest BCUT2D eigenvalue weighted by atomic mass is 35.5. The van der Waals surface area contributed by atoms with Gasteiger partial charge >= 0.3 is 0 Å². The Labute approximate surface area is 122 Å². The van der Waals surface area contributed by atoms with E-state index in [4.69, 9.17) is 18.0 Å². The largest absolute Gasteiger partial charge is 0.376 e. The molecule has 1 aromatic rings. The molecule has 1 aromatic heterocycles. The minimum atomic E-state index is -2.94. The van der Waals surface area contributed by atoms with Crippen LogP contribution in [0.3, 0.4) is 0 Å². The fraction of sp³-hybridized carbons (Fsp3) is 0.500. The number of sulfone groups is 1. The van der Waals surface area contributed by atoms with Gasteiger partial charge in [0.1, 0.15) is 22.1 Å². The second-order valence-corrected chi connectivity index (χ2v) is 7.32. The van der Waals surface area contributed by atoms with Gasteiger partial charge in [-0.2, -0.15) is 5.10 Å². The molecule has 1 saturated heterocycles. The molecule has 0 bridgehead atoms. The predicted octanol–water partition coefficient (Wildman–Crippen LogP) is 0.519. The van der Waals surface area contributed by atoms with E-state index in [-0.39, 0.29) is 34.8 Å². The molecular formula is C12H14ClN3O3S. The topological polar surface area (TPSA) is 81.1 Å². The molecular weight excluding hydrogens is 302 g/mol. The lowest BCUT2D eigenvalue weighted by molar-refractivity contribution is 0.558. The Kier molecular flexibility index (Phi) is 4.35. The van der Waals surface area contributed by atoms with Gasteiger partial charge in [-0.1, -0.05) is 17.5 Å². The lowest BCUT2D eigenvalue weighted by Crippen LogP contribution is -2.35. The molecule has 0 atom stereocenters. The van der Waals surface area contributed by atoms with Crippen molar-refractivity contribution in [2.45, 2.75) is 25.4 Å². The number of hydrogen-bond acceptors (Lipinski definition) is 5. The van der Waals surface area contributed by atoms with Crippen LogP contribution in [0.2, 0.25) is 5.02 Å². The van der Waals surface area contributed by atoms with Gasteiger partial charge in [-0.3, -0.25) is 4.79 Å². The molecule has 20 heavy (non-hydrogen) atoms. The average molecular weight is 316 g/mol. The Morgan fingerprint density at radius 3 is 2.75 bits per heavy atom. The summed E-state index contributed by atoms with van der Waals surface area (Å²) in [7, 11) is -2.94. The van der Waals surface area contributed by atoms with Crippen LogP contribution in [-0.2, 0) is 16.4 Å². The van der Waals surface area contributed by atoms with Crippen LogP contribution in [0.1, 0.15) is 12.8 Å². The maximum Gasteiger partial charge on any atom is 0.292 e. The van der Waals surface area contributed by atoms with E-state index < -0.39 is 15.4 Å². The Bertz CT molecular complexity index is 692. The predicted molar refractivity (Wildman–Crippen MR) is 77.6 cm³/mol. The van der Waals surface area contributed by atoms with Gasteiger partial charge in [0.2, 0.25) is 0 Å². The second-order valence-electron chi connectivity index (χ2n) is 4.60. The van der Waals surface area contributed by atoms with E-state index in [0.29, 0.717) is 12.8 Å². The Hall–Kier alpha value is -1.52. The van der Waals surface area contributed by atoms with E-state index in [0.717, 1.165) is 4.68 Å². The van der Waals surface area contributed by atoms with Gasteiger partial charge in [0.15, 0.2) is 0 Å². The van der Waals surface area contributed by atoms with E-state index in [9.17, 15) is 13.2 Å². The third-order valence-electron chi connectivity index (χ3n) is 3.14. The second kappa shape index (κ2) is 5.85. The van der Waals surface area contributed by atoms with Gasteiger partial charge in [-0.05, 0) is 12.8 Å². The van der Waals surface area contributed by atoms with Crippen LogP contribution in [-0.4, -0.2) is 35.7 Å². The molecule has 6 nitrogen and oxygen atoms in total.